The van der Waals surface area contributed by atoms with Crippen LogP contribution >= 0.6 is 11.8 Å². The van der Waals surface area contributed by atoms with Gasteiger partial charge in [-0.25, -0.2) is 0 Å². The molecule has 0 N–H and O–H groups in total. The molecule has 0 radical (unpaired) electrons. The van der Waals surface area contributed by atoms with Gasteiger partial charge in [-0.05, 0) is 56.2 Å². The van der Waals surface area contributed by atoms with Crippen LogP contribution in [0.2, 0.25) is 0 Å². The van der Waals surface area contributed by atoms with E-state index in [2.05, 4.69) is 41.1 Å². The lowest BCUT2D eigenvalue weighted by Crippen LogP contribution is -2.50. The quantitative estimate of drug-likeness (QED) is 0.575. The van der Waals surface area contributed by atoms with Gasteiger partial charge in [0.2, 0.25) is 11.8 Å². The number of piperazine rings is 1. The zero-order chi connectivity index (χ0) is 21.1. The maximum Gasteiger partial charge on any atom is 0.277 e. The van der Waals surface area contributed by atoms with E-state index >= 15 is 0 Å². The number of rotatable bonds is 5. The van der Waals surface area contributed by atoms with Crippen LogP contribution in [0.15, 0.2) is 58.2 Å². The third kappa shape index (κ3) is 4.51. The zero-order valence-electron chi connectivity index (χ0n) is 17.5. The lowest BCUT2D eigenvalue weighted by Gasteiger charge is -2.37. The molecule has 7 heteroatoms. The average molecular weight is 423 g/mol. The fraction of sp³-hybridized carbons (Fsp3) is 0.348. The molecule has 1 aliphatic heterocycles. The van der Waals surface area contributed by atoms with Crippen molar-refractivity contribution in [3.8, 4) is 11.5 Å². The van der Waals surface area contributed by atoms with Gasteiger partial charge in [-0.1, -0.05) is 36.0 Å². The fourth-order valence-electron chi connectivity index (χ4n) is 3.53. The van der Waals surface area contributed by atoms with Crippen LogP contribution in [0.5, 0.6) is 0 Å². The predicted octanol–water partition coefficient (Wildman–Crippen LogP) is 4.18. The third-order valence-corrected chi connectivity index (χ3v) is 6.42. The minimum absolute atomic E-state index is 0.110. The summed E-state index contributed by atoms with van der Waals surface area (Å²) in [6.07, 6.45) is 0. The standard InChI is InChI=1S/C23H26N4O2S/c1-16-9-10-19(15-17(16)2)21-24-25-23(29-21)30-18(3)22(28)27-13-11-26(12-14-27)20-7-5-4-6-8-20/h4-10,15,18H,11-14H2,1-3H3/t18-/m0/s1. The van der Waals surface area contributed by atoms with Crippen molar-refractivity contribution in [2.75, 3.05) is 31.1 Å². The Morgan fingerprint density at radius 2 is 1.73 bits per heavy atom. The molecule has 1 aliphatic rings. The molecule has 30 heavy (non-hydrogen) atoms. The van der Waals surface area contributed by atoms with Crippen LogP contribution in [0, 0.1) is 13.8 Å². The van der Waals surface area contributed by atoms with Crippen molar-refractivity contribution in [1.29, 1.82) is 0 Å². The number of hydrogen-bond donors (Lipinski definition) is 0. The maximum atomic E-state index is 12.9. The highest BCUT2D eigenvalue weighted by atomic mass is 32.2. The molecule has 0 unspecified atom stereocenters. The molecule has 0 bridgehead atoms. The van der Waals surface area contributed by atoms with Crippen LogP contribution in [0.3, 0.4) is 0 Å². The summed E-state index contributed by atoms with van der Waals surface area (Å²) in [7, 11) is 0. The van der Waals surface area contributed by atoms with Gasteiger partial charge in [0.1, 0.15) is 0 Å². The van der Waals surface area contributed by atoms with E-state index in [0.717, 1.165) is 31.7 Å². The highest BCUT2D eigenvalue weighted by Gasteiger charge is 2.27. The van der Waals surface area contributed by atoms with Crippen LogP contribution in [-0.4, -0.2) is 52.4 Å². The number of carbonyl (C=O) groups excluding carboxylic acids is 1. The van der Waals surface area contributed by atoms with Crippen molar-refractivity contribution in [1.82, 2.24) is 15.1 Å². The third-order valence-electron chi connectivity index (χ3n) is 5.50. The number of para-hydroxylation sites is 1. The van der Waals surface area contributed by atoms with Gasteiger partial charge < -0.3 is 14.2 Å². The van der Waals surface area contributed by atoms with Gasteiger partial charge in [0.15, 0.2) is 0 Å². The predicted molar refractivity (Wildman–Crippen MR) is 120 cm³/mol. The Labute approximate surface area is 181 Å². The minimum atomic E-state index is -0.277. The largest absolute Gasteiger partial charge is 0.411 e. The smallest absolute Gasteiger partial charge is 0.277 e. The molecule has 0 spiro atoms. The minimum Gasteiger partial charge on any atom is -0.411 e. The molecule has 0 aliphatic carbocycles. The second kappa shape index (κ2) is 8.92. The molecule has 0 saturated carbocycles. The van der Waals surface area contributed by atoms with Gasteiger partial charge in [0, 0.05) is 37.4 Å². The van der Waals surface area contributed by atoms with Crippen molar-refractivity contribution in [2.24, 2.45) is 0 Å². The molecule has 1 saturated heterocycles. The van der Waals surface area contributed by atoms with Crippen molar-refractivity contribution < 1.29 is 9.21 Å². The van der Waals surface area contributed by atoms with Crippen molar-refractivity contribution >= 4 is 23.4 Å². The first-order chi connectivity index (χ1) is 14.5. The van der Waals surface area contributed by atoms with Crippen LogP contribution in [0.25, 0.3) is 11.5 Å². The van der Waals surface area contributed by atoms with E-state index in [1.165, 1.54) is 28.6 Å². The number of amides is 1. The topological polar surface area (TPSA) is 62.5 Å². The molecule has 4 rings (SSSR count). The van der Waals surface area contributed by atoms with Gasteiger partial charge in [-0.2, -0.15) is 0 Å². The Morgan fingerprint density at radius 1 is 1.00 bits per heavy atom. The summed E-state index contributed by atoms with van der Waals surface area (Å²) >= 11 is 1.32. The molecule has 1 fully saturated rings. The average Bonchev–Trinajstić information content (AvgIpc) is 3.24. The van der Waals surface area contributed by atoms with Crippen molar-refractivity contribution in [2.45, 2.75) is 31.2 Å². The number of aryl methyl sites for hydroxylation is 2. The van der Waals surface area contributed by atoms with Crippen molar-refractivity contribution in [3.63, 3.8) is 0 Å². The summed E-state index contributed by atoms with van der Waals surface area (Å²) in [5, 5.41) is 8.43. The van der Waals surface area contributed by atoms with Crippen LogP contribution in [0.4, 0.5) is 5.69 Å². The first-order valence-electron chi connectivity index (χ1n) is 10.2. The number of hydrogen-bond acceptors (Lipinski definition) is 6. The van der Waals surface area contributed by atoms with Gasteiger partial charge in [-0.15, -0.1) is 10.2 Å². The van der Waals surface area contributed by atoms with E-state index in [1.54, 1.807) is 0 Å². The van der Waals surface area contributed by atoms with E-state index in [-0.39, 0.29) is 11.2 Å². The van der Waals surface area contributed by atoms with E-state index in [4.69, 9.17) is 4.42 Å². The van der Waals surface area contributed by atoms with Crippen LogP contribution in [-0.2, 0) is 4.79 Å². The normalized spacial score (nSPS) is 15.3. The molecule has 1 aromatic heterocycles. The van der Waals surface area contributed by atoms with E-state index in [1.807, 2.05) is 48.2 Å². The highest BCUT2D eigenvalue weighted by Crippen LogP contribution is 2.28. The molecule has 3 aromatic rings. The number of thioether (sulfide) groups is 1. The Kier molecular flexibility index (Phi) is 6.08. The molecule has 2 heterocycles. The summed E-state index contributed by atoms with van der Waals surface area (Å²) in [6, 6.07) is 16.4. The molecule has 1 amide bonds. The number of anilines is 1. The summed E-state index contributed by atoms with van der Waals surface area (Å²) in [6.45, 7) is 9.14. The Bertz CT molecular complexity index is 1010. The molecular formula is C23H26N4O2S. The lowest BCUT2D eigenvalue weighted by molar-refractivity contribution is -0.130. The second-order valence-corrected chi connectivity index (χ2v) is 8.87. The fourth-order valence-corrected chi connectivity index (χ4v) is 4.30. The van der Waals surface area contributed by atoms with Gasteiger partial charge in [-0.3, -0.25) is 4.79 Å². The Morgan fingerprint density at radius 3 is 2.43 bits per heavy atom. The number of carbonyl (C=O) groups is 1. The van der Waals surface area contributed by atoms with Gasteiger partial charge in [0.05, 0.1) is 5.25 Å². The second-order valence-electron chi connectivity index (χ2n) is 7.58. The maximum absolute atomic E-state index is 12.9. The Hall–Kier alpha value is -2.80. The highest BCUT2D eigenvalue weighted by molar-refractivity contribution is 8.00. The first kappa shape index (κ1) is 20.5. The summed E-state index contributed by atoms with van der Waals surface area (Å²) in [4.78, 5) is 17.1. The van der Waals surface area contributed by atoms with E-state index in [9.17, 15) is 4.79 Å². The summed E-state index contributed by atoms with van der Waals surface area (Å²) in [5.74, 6) is 0.593. The Balaban J connectivity index is 1.34. The lowest BCUT2D eigenvalue weighted by atomic mass is 10.1. The number of aromatic nitrogens is 2. The van der Waals surface area contributed by atoms with E-state index in [0.29, 0.717) is 11.1 Å². The van der Waals surface area contributed by atoms with Gasteiger partial charge >= 0.3 is 0 Å². The van der Waals surface area contributed by atoms with Crippen molar-refractivity contribution in [3.05, 3.63) is 59.7 Å². The summed E-state index contributed by atoms with van der Waals surface area (Å²) in [5.41, 5.74) is 4.50. The van der Waals surface area contributed by atoms with Crippen LogP contribution in [0.1, 0.15) is 18.1 Å². The molecule has 1 atom stereocenters. The van der Waals surface area contributed by atoms with Gasteiger partial charge in [0.25, 0.3) is 5.22 Å². The van der Waals surface area contributed by atoms with Crippen LogP contribution < -0.4 is 4.90 Å². The summed E-state index contributed by atoms with van der Waals surface area (Å²) < 4.78 is 5.81. The molecule has 6 nitrogen and oxygen atoms in total. The monoisotopic (exact) mass is 422 g/mol. The molecule has 2 aromatic carbocycles. The molecule has 156 valence electrons. The molecular weight excluding hydrogens is 396 g/mol. The number of benzene rings is 2. The SMILES string of the molecule is Cc1ccc(-c2nnc(S[C@@H](C)C(=O)N3CCN(c4ccccc4)CC3)o2)cc1C. The first-order valence-corrected chi connectivity index (χ1v) is 11.1. The zero-order valence-corrected chi connectivity index (χ0v) is 18.4. The van der Waals surface area contributed by atoms with E-state index < -0.39 is 0 Å². The number of nitrogens with zero attached hydrogens (tertiary/aromatic N) is 4.